The van der Waals surface area contributed by atoms with Gasteiger partial charge in [-0.2, -0.15) is 5.26 Å². The number of carbonyl (C=O) groups is 4. The summed E-state index contributed by atoms with van der Waals surface area (Å²) in [4.78, 5) is 52.8. The molecule has 0 aliphatic carbocycles. The second-order valence-electron chi connectivity index (χ2n) is 17.4. The van der Waals surface area contributed by atoms with Crippen LogP contribution in [0, 0.1) is 17.9 Å². The predicted octanol–water partition coefficient (Wildman–Crippen LogP) is 10.8. The molecule has 0 bridgehead atoms. The second kappa shape index (κ2) is 46.1. The fourth-order valence-electron chi connectivity index (χ4n) is 6.82. The summed E-state index contributed by atoms with van der Waals surface area (Å²) in [7, 11) is -2.70. The fourth-order valence-corrected chi connectivity index (χ4v) is 9.70. The average Bonchev–Trinajstić information content (AvgIpc) is 3.88. The van der Waals surface area contributed by atoms with Gasteiger partial charge in [0, 0.05) is 52.0 Å². The number of phosphoric acid groups is 1. The molecule has 10 atom stereocenters. The maximum Gasteiger partial charge on any atom is 0.475 e. The van der Waals surface area contributed by atoms with Crippen molar-refractivity contribution >= 4 is 40.2 Å². The first-order chi connectivity index (χ1) is 36.4. The van der Waals surface area contributed by atoms with Gasteiger partial charge in [-0.1, -0.05) is 86.6 Å². The summed E-state index contributed by atoms with van der Waals surface area (Å²) in [6.45, 7) is 37.1. The minimum atomic E-state index is -4.00. The fraction of sp³-hybridized carbons (Fsp3) is 0.774. The molecule has 2 fully saturated rings. The van der Waals surface area contributed by atoms with Crippen LogP contribution in [-0.2, 0) is 84.3 Å². The molecule has 2 rings (SSSR count). The van der Waals surface area contributed by atoms with Gasteiger partial charge in [-0.3, -0.25) is 32.7 Å². The van der Waals surface area contributed by atoms with Crippen LogP contribution in [0.25, 0.3) is 4.85 Å². The Morgan fingerprint density at radius 2 is 1.00 bits per heavy atom. The van der Waals surface area contributed by atoms with Gasteiger partial charge in [-0.15, -0.1) is 11.5 Å². The lowest BCUT2D eigenvalue weighted by molar-refractivity contribution is -0.183. The van der Waals surface area contributed by atoms with Gasteiger partial charge in [0.2, 0.25) is 6.54 Å². The number of esters is 4. The van der Waals surface area contributed by atoms with E-state index in [4.69, 9.17) is 72.3 Å². The highest BCUT2D eigenvalue weighted by Crippen LogP contribution is 2.50. The molecule has 23 heteroatoms. The number of hydrogen-bond acceptors (Lipinski definition) is 20. The highest BCUT2D eigenvalue weighted by molar-refractivity contribution is 7.48. The third kappa shape index (κ3) is 31.5. The number of nitriles is 1. The number of ether oxygens (including phenoxy) is 8. The Labute approximate surface area is 455 Å². The number of hydrogen-bond donors (Lipinski definition) is 0. The zero-order valence-electron chi connectivity index (χ0n) is 47.3. The summed E-state index contributed by atoms with van der Waals surface area (Å²) in [6, 6.07) is 2.34. The number of unbranched alkanes of at least 4 members (excludes halogenated alkanes) is 4. The number of phosphoric ester groups is 1. The molecule has 2 aliphatic rings. The molecular weight excluding hydrogens is 1030 g/mol. The maximum atomic E-state index is 13.0. The summed E-state index contributed by atoms with van der Waals surface area (Å²) in [5, 5.41) is 8.93. The highest BCUT2D eigenvalue weighted by atomic mass is 31.2. The lowest BCUT2D eigenvalue weighted by Gasteiger charge is -2.36. The van der Waals surface area contributed by atoms with E-state index >= 15 is 0 Å². The first-order valence-electron chi connectivity index (χ1n) is 26.2. The largest absolute Gasteiger partial charge is 0.475 e. The predicted molar refractivity (Wildman–Crippen MR) is 287 cm³/mol. The van der Waals surface area contributed by atoms with Gasteiger partial charge < -0.3 is 51.8 Å². The number of rotatable bonds is 36. The molecule has 10 unspecified atom stereocenters. The molecule has 0 amide bonds. The molecule has 0 aromatic heterocycles. The molecule has 2 aliphatic heterocycles. The van der Waals surface area contributed by atoms with E-state index in [-0.39, 0.29) is 89.7 Å². The monoisotopic (exact) mass is 1120 g/mol. The van der Waals surface area contributed by atoms with Gasteiger partial charge in [-0.05, 0) is 59.8 Å². The molecule has 0 radical (unpaired) electrons. The molecule has 76 heavy (non-hydrogen) atoms. The van der Waals surface area contributed by atoms with Crippen molar-refractivity contribution in [3.63, 3.8) is 0 Å². The van der Waals surface area contributed by atoms with Crippen LogP contribution < -0.4 is 0 Å². The molecule has 2 saturated heterocycles. The minimum absolute atomic E-state index is 0.0119. The Hall–Kier alpha value is -3.84. The Bertz CT molecular complexity index is 1780. The molecular formula is C53H91N3O18P2. The third-order valence-electron chi connectivity index (χ3n) is 10.3. The van der Waals surface area contributed by atoms with Crippen molar-refractivity contribution in [1.82, 2.24) is 4.67 Å². The summed E-state index contributed by atoms with van der Waals surface area (Å²) >= 11 is 0. The first-order valence-corrected chi connectivity index (χ1v) is 28.8. The summed E-state index contributed by atoms with van der Waals surface area (Å²) < 4.78 is 88.3. The average molecular weight is 1120 g/mol. The van der Waals surface area contributed by atoms with E-state index in [1.165, 1.54) is 14.2 Å². The third-order valence-corrected chi connectivity index (χ3v) is 13.9. The van der Waals surface area contributed by atoms with E-state index in [1.807, 2.05) is 62.3 Å². The topological polar surface area (TPSA) is 237 Å². The van der Waals surface area contributed by atoms with E-state index in [9.17, 15) is 23.7 Å². The summed E-state index contributed by atoms with van der Waals surface area (Å²) in [6.07, 6.45) is 0.278. The van der Waals surface area contributed by atoms with Crippen LogP contribution >= 0.6 is 16.3 Å². The molecule has 0 aromatic carbocycles. The van der Waals surface area contributed by atoms with Crippen LogP contribution in [0.1, 0.15) is 152 Å². The van der Waals surface area contributed by atoms with Crippen LogP contribution in [-0.4, -0.2) is 144 Å². The smallest absolute Gasteiger partial charge is 0.455 e. The SMILES string of the molecule is C=C=C.C=C=C.CCCCC(=O)OC1C(COP(OCCC#N)N(C(C)C)C(C)C)OC(OC)C1OC(=O)CCCC.[C-]#[N+]CCOP(=O)(OCCC)OCC1OC(OC)C(OC(=O)CCCC)C1OC(=O)CCCC. The lowest BCUT2D eigenvalue weighted by atomic mass is 10.1. The Morgan fingerprint density at radius 3 is 1.34 bits per heavy atom. The maximum absolute atomic E-state index is 13.0. The normalized spacial score (nSPS) is 21.6. The quantitative estimate of drug-likeness (QED) is 0.0142. The number of methoxy groups -OCH3 is 2. The first kappa shape index (κ1) is 74.2. The molecule has 0 N–H and O–H groups in total. The zero-order chi connectivity index (χ0) is 57.9. The van der Waals surface area contributed by atoms with Gasteiger partial charge in [0.05, 0.1) is 38.9 Å². The van der Waals surface area contributed by atoms with E-state index < -0.39 is 83.5 Å². The van der Waals surface area contributed by atoms with Gasteiger partial charge >= 0.3 is 31.7 Å². The van der Waals surface area contributed by atoms with Crippen molar-refractivity contribution in [2.75, 3.05) is 53.8 Å². The summed E-state index contributed by atoms with van der Waals surface area (Å²) in [5.74, 6) is -1.73. The van der Waals surface area contributed by atoms with E-state index in [2.05, 4.69) is 53.4 Å². The van der Waals surface area contributed by atoms with Gasteiger partial charge in [0.15, 0.2) is 37.0 Å². The van der Waals surface area contributed by atoms with E-state index in [0.717, 1.165) is 25.7 Å². The van der Waals surface area contributed by atoms with Gasteiger partial charge in [0.1, 0.15) is 18.8 Å². The van der Waals surface area contributed by atoms with E-state index in [0.29, 0.717) is 32.1 Å². The number of nitrogens with zero attached hydrogens (tertiary/aromatic N) is 3. The van der Waals surface area contributed by atoms with Crippen LogP contribution in [0.5, 0.6) is 0 Å². The number of carbonyl (C=O) groups excluding carboxylic acids is 4. The molecule has 21 nitrogen and oxygen atoms in total. The Morgan fingerprint density at radius 1 is 0.618 bits per heavy atom. The van der Waals surface area contributed by atoms with Crippen molar-refractivity contribution in [3.8, 4) is 6.07 Å². The molecule has 0 aromatic rings. The molecule has 436 valence electrons. The van der Waals surface area contributed by atoms with Crippen LogP contribution in [0.2, 0.25) is 0 Å². The van der Waals surface area contributed by atoms with Crippen LogP contribution in [0.3, 0.4) is 0 Å². The molecule has 0 saturated carbocycles. The lowest BCUT2D eigenvalue weighted by Crippen LogP contribution is -2.42. The van der Waals surface area contributed by atoms with Crippen molar-refractivity contribution in [1.29, 1.82) is 5.26 Å². The van der Waals surface area contributed by atoms with Crippen LogP contribution in [0.4, 0.5) is 0 Å². The zero-order valence-corrected chi connectivity index (χ0v) is 49.1. The molecule has 2 heterocycles. The Balaban J connectivity index is 0. The minimum Gasteiger partial charge on any atom is -0.455 e. The molecule has 0 spiro atoms. The van der Waals surface area contributed by atoms with Crippen molar-refractivity contribution in [3.05, 3.63) is 49.2 Å². The van der Waals surface area contributed by atoms with Crippen LogP contribution in [0.15, 0.2) is 37.8 Å². The van der Waals surface area contributed by atoms with Crippen molar-refractivity contribution in [2.24, 2.45) is 0 Å². The van der Waals surface area contributed by atoms with E-state index in [1.54, 1.807) is 0 Å². The second-order valence-corrected chi connectivity index (χ2v) is 20.5. The van der Waals surface area contributed by atoms with Gasteiger partial charge in [-0.25, -0.2) is 15.8 Å². The van der Waals surface area contributed by atoms with Crippen molar-refractivity contribution in [2.45, 2.75) is 213 Å². The van der Waals surface area contributed by atoms with Crippen molar-refractivity contribution < 1.29 is 84.3 Å². The van der Waals surface area contributed by atoms with Gasteiger partial charge in [0.25, 0.3) is 8.53 Å². The highest BCUT2D eigenvalue weighted by Gasteiger charge is 2.52. The Kier molecular flexibility index (Phi) is 45.0. The summed E-state index contributed by atoms with van der Waals surface area (Å²) in [5.41, 5.74) is 4.50. The standard InChI is InChI=1S/C25H45N2O8P.C22H38NO10P.2C3H4/c1-8-10-13-21(28)34-23-20(33-25(30-7)24(23)35-22(29)14-11-9-2)17-32-36(31-16-12-15-26)27(18(3)4)19(5)6;1-6-9-11-18(24)32-20-17(16-30-34(26,28-14-8-3)29-15-13-23-4)31-22(27-5)21(20)33-19(25)12-10-7-2;2*1-3-2/h18-20,23-25H,8-14,16-17H2,1-7H3;17,20-22H,6-16H2,1-3,5H3;2*1-2H2.